The molecule has 0 aromatic carbocycles. The van der Waals surface area contributed by atoms with E-state index >= 15 is 0 Å². The first-order valence-corrected chi connectivity index (χ1v) is 4.50. The topological polar surface area (TPSA) is 70.8 Å². The van der Waals surface area contributed by atoms with Crippen LogP contribution in [-0.2, 0) is 19.0 Å². The number of primary amides is 1. The number of ether oxygens (including phenoxy) is 3. The van der Waals surface area contributed by atoms with Gasteiger partial charge in [-0.3, -0.25) is 4.79 Å². The SMILES string of the molecule is COCC(COC[C@H](C)C(N)=O)OC. The molecule has 0 radical (unpaired) electrons. The summed E-state index contributed by atoms with van der Waals surface area (Å²) in [5.74, 6) is -0.624. The number of rotatable bonds is 8. The largest absolute Gasteiger partial charge is 0.382 e. The Morgan fingerprint density at radius 3 is 2.36 bits per heavy atom. The lowest BCUT2D eigenvalue weighted by atomic mass is 10.2. The molecule has 2 N–H and O–H groups in total. The summed E-state index contributed by atoms with van der Waals surface area (Å²) in [5, 5.41) is 0. The Hall–Kier alpha value is -0.650. The maximum Gasteiger partial charge on any atom is 0.222 e. The van der Waals surface area contributed by atoms with Gasteiger partial charge in [-0.2, -0.15) is 0 Å². The van der Waals surface area contributed by atoms with Crippen molar-refractivity contribution in [1.29, 1.82) is 0 Å². The van der Waals surface area contributed by atoms with Crippen molar-refractivity contribution in [1.82, 2.24) is 0 Å². The van der Waals surface area contributed by atoms with Crippen molar-refractivity contribution in [2.75, 3.05) is 34.0 Å². The molecule has 0 heterocycles. The molecule has 0 aliphatic rings. The Morgan fingerprint density at radius 1 is 1.29 bits per heavy atom. The summed E-state index contributed by atoms with van der Waals surface area (Å²) in [7, 11) is 3.18. The Balaban J connectivity index is 3.55. The number of amides is 1. The summed E-state index contributed by atoms with van der Waals surface area (Å²) in [6, 6.07) is 0. The van der Waals surface area contributed by atoms with E-state index in [1.165, 1.54) is 0 Å². The van der Waals surface area contributed by atoms with Gasteiger partial charge in [0.05, 0.1) is 25.7 Å². The fourth-order valence-corrected chi connectivity index (χ4v) is 0.828. The molecule has 5 heteroatoms. The van der Waals surface area contributed by atoms with Crippen molar-refractivity contribution < 1.29 is 19.0 Å². The number of hydrogen-bond acceptors (Lipinski definition) is 4. The Morgan fingerprint density at radius 2 is 1.93 bits per heavy atom. The summed E-state index contributed by atoms with van der Waals surface area (Å²) in [4.78, 5) is 10.7. The van der Waals surface area contributed by atoms with E-state index in [-0.39, 0.29) is 17.9 Å². The van der Waals surface area contributed by atoms with Crippen molar-refractivity contribution in [3.8, 4) is 0 Å². The first-order valence-electron chi connectivity index (χ1n) is 4.50. The maximum atomic E-state index is 10.7. The third-order valence-corrected chi connectivity index (χ3v) is 1.84. The number of carbonyl (C=O) groups excluding carboxylic acids is 1. The highest BCUT2D eigenvalue weighted by molar-refractivity contribution is 5.76. The van der Waals surface area contributed by atoms with E-state index in [2.05, 4.69) is 0 Å². The fraction of sp³-hybridized carbons (Fsp3) is 0.889. The van der Waals surface area contributed by atoms with Gasteiger partial charge in [-0.15, -0.1) is 0 Å². The maximum absolute atomic E-state index is 10.7. The van der Waals surface area contributed by atoms with E-state index in [0.29, 0.717) is 19.8 Å². The molecule has 0 aromatic rings. The van der Waals surface area contributed by atoms with Gasteiger partial charge in [-0.25, -0.2) is 0 Å². The second-order valence-electron chi connectivity index (χ2n) is 3.15. The number of carbonyl (C=O) groups is 1. The Kier molecular flexibility index (Phi) is 7.37. The second-order valence-corrected chi connectivity index (χ2v) is 3.15. The summed E-state index contributed by atoms with van der Waals surface area (Å²) in [6.07, 6.45) is -0.0972. The summed E-state index contributed by atoms with van der Waals surface area (Å²) in [5.41, 5.74) is 5.07. The molecule has 14 heavy (non-hydrogen) atoms. The van der Waals surface area contributed by atoms with Crippen LogP contribution in [0.5, 0.6) is 0 Å². The van der Waals surface area contributed by atoms with Gasteiger partial charge in [0.15, 0.2) is 0 Å². The van der Waals surface area contributed by atoms with Crippen LogP contribution in [0.25, 0.3) is 0 Å². The van der Waals surface area contributed by atoms with Crippen molar-refractivity contribution in [3.63, 3.8) is 0 Å². The van der Waals surface area contributed by atoms with Crippen molar-refractivity contribution >= 4 is 5.91 Å². The van der Waals surface area contributed by atoms with Crippen LogP contribution in [0.2, 0.25) is 0 Å². The van der Waals surface area contributed by atoms with Crippen LogP contribution in [0.1, 0.15) is 6.92 Å². The molecule has 0 saturated carbocycles. The monoisotopic (exact) mass is 205 g/mol. The van der Waals surface area contributed by atoms with E-state index in [9.17, 15) is 4.79 Å². The highest BCUT2D eigenvalue weighted by Crippen LogP contribution is 1.97. The van der Waals surface area contributed by atoms with Crippen LogP contribution in [0.3, 0.4) is 0 Å². The van der Waals surface area contributed by atoms with Crippen molar-refractivity contribution in [2.24, 2.45) is 11.7 Å². The zero-order valence-corrected chi connectivity index (χ0v) is 8.99. The van der Waals surface area contributed by atoms with Crippen LogP contribution in [0.4, 0.5) is 0 Å². The van der Waals surface area contributed by atoms with Crippen molar-refractivity contribution in [3.05, 3.63) is 0 Å². The molecule has 0 fully saturated rings. The lowest BCUT2D eigenvalue weighted by Crippen LogP contribution is -2.28. The van der Waals surface area contributed by atoms with E-state index in [4.69, 9.17) is 19.9 Å². The summed E-state index contributed by atoms with van der Waals surface area (Å²) < 4.78 is 15.2. The van der Waals surface area contributed by atoms with Gasteiger partial charge in [0, 0.05) is 14.2 Å². The van der Waals surface area contributed by atoms with Gasteiger partial charge in [-0.05, 0) is 0 Å². The molecule has 0 aliphatic carbocycles. The second kappa shape index (κ2) is 7.73. The quantitative estimate of drug-likeness (QED) is 0.595. The van der Waals surface area contributed by atoms with Crippen molar-refractivity contribution in [2.45, 2.75) is 13.0 Å². The average molecular weight is 205 g/mol. The molecular weight excluding hydrogens is 186 g/mol. The van der Waals surface area contributed by atoms with Gasteiger partial charge >= 0.3 is 0 Å². The van der Waals surface area contributed by atoms with Gasteiger partial charge in [-0.1, -0.05) is 6.92 Å². The smallest absolute Gasteiger partial charge is 0.222 e. The number of methoxy groups -OCH3 is 2. The highest BCUT2D eigenvalue weighted by atomic mass is 16.5. The van der Waals surface area contributed by atoms with E-state index in [1.807, 2.05) is 0 Å². The molecule has 0 saturated heterocycles. The Labute approximate surface area is 84.5 Å². The minimum atomic E-state index is -0.356. The minimum absolute atomic E-state index is 0.0972. The van der Waals surface area contributed by atoms with Crippen LogP contribution >= 0.6 is 0 Å². The average Bonchev–Trinajstić information content (AvgIpc) is 2.16. The first kappa shape index (κ1) is 13.4. The van der Waals surface area contributed by atoms with Gasteiger partial charge < -0.3 is 19.9 Å². The Bertz CT molecular complexity index is 163. The number of nitrogens with two attached hydrogens (primary N) is 1. The summed E-state index contributed by atoms with van der Waals surface area (Å²) >= 11 is 0. The zero-order valence-electron chi connectivity index (χ0n) is 8.99. The normalized spacial score (nSPS) is 15.1. The molecular formula is C9H19NO4. The fourth-order valence-electron chi connectivity index (χ4n) is 0.828. The molecule has 0 rings (SSSR count). The van der Waals surface area contributed by atoms with E-state index in [0.717, 1.165) is 0 Å². The molecule has 1 unspecified atom stereocenters. The van der Waals surface area contributed by atoms with E-state index in [1.54, 1.807) is 21.1 Å². The van der Waals surface area contributed by atoms with Crippen LogP contribution < -0.4 is 5.73 Å². The lowest BCUT2D eigenvalue weighted by molar-refractivity contribution is -0.123. The molecule has 0 bridgehead atoms. The highest BCUT2D eigenvalue weighted by Gasteiger charge is 2.11. The van der Waals surface area contributed by atoms with Crippen LogP contribution in [0, 0.1) is 5.92 Å². The molecule has 5 nitrogen and oxygen atoms in total. The van der Waals surface area contributed by atoms with Crippen LogP contribution in [-0.4, -0.2) is 46.1 Å². The first-order chi connectivity index (χ1) is 6.61. The third kappa shape index (κ3) is 5.90. The minimum Gasteiger partial charge on any atom is -0.382 e. The van der Waals surface area contributed by atoms with Crippen LogP contribution in [0.15, 0.2) is 0 Å². The molecule has 0 aromatic heterocycles. The van der Waals surface area contributed by atoms with E-state index < -0.39 is 0 Å². The molecule has 84 valence electrons. The van der Waals surface area contributed by atoms with Gasteiger partial charge in [0.2, 0.25) is 5.91 Å². The predicted molar refractivity (Wildman–Crippen MR) is 51.9 cm³/mol. The molecule has 0 spiro atoms. The molecule has 1 amide bonds. The van der Waals surface area contributed by atoms with Gasteiger partial charge in [0.1, 0.15) is 6.10 Å². The molecule has 2 atom stereocenters. The standard InChI is InChI=1S/C9H19NO4/c1-7(9(10)11)4-14-6-8(13-3)5-12-2/h7-8H,4-6H2,1-3H3,(H2,10,11)/t7-,8?/m0/s1. The molecule has 0 aliphatic heterocycles. The summed E-state index contributed by atoms with van der Waals surface area (Å²) in [6.45, 7) is 2.92. The zero-order chi connectivity index (χ0) is 11.0. The number of hydrogen-bond donors (Lipinski definition) is 1. The third-order valence-electron chi connectivity index (χ3n) is 1.84. The lowest BCUT2D eigenvalue weighted by Gasteiger charge is -2.15. The van der Waals surface area contributed by atoms with Gasteiger partial charge in [0.25, 0.3) is 0 Å². The predicted octanol–water partition coefficient (Wildman–Crippen LogP) is -0.214.